The normalized spacial score (nSPS) is 12.3. The summed E-state index contributed by atoms with van der Waals surface area (Å²) in [5, 5.41) is 0.923. The van der Waals surface area contributed by atoms with E-state index in [9.17, 15) is 13.6 Å². The molecule has 0 N–H and O–H groups in total. The van der Waals surface area contributed by atoms with E-state index in [2.05, 4.69) is 9.97 Å². The van der Waals surface area contributed by atoms with Crippen LogP contribution >= 0.6 is 11.8 Å². The maximum Gasteiger partial charge on any atom is 0.178 e. The first-order valence-corrected chi connectivity index (χ1v) is 7.80. The average Bonchev–Trinajstić information content (AvgIpc) is 2.54. The molecule has 3 rings (SSSR count). The molecule has 0 radical (unpaired) electrons. The molecule has 2 aromatic carbocycles. The van der Waals surface area contributed by atoms with Gasteiger partial charge in [0.15, 0.2) is 5.78 Å². The maximum absolute atomic E-state index is 13.8. The number of benzene rings is 2. The molecule has 1 heterocycles. The first kappa shape index (κ1) is 15.6. The highest BCUT2D eigenvalue weighted by Gasteiger charge is 2.21. The zero-order valence-electron chi connectivity index (χ0n) is 12.2. The van der Waals surface area contributed by atoms with Gasteiger partial charge < -0.3 is 0 Å². The molecule has 0 aliphatic rings. The molecule has 0 saturated carbocycles. The first-order chi connectivity index (χ1) is 11.1. The van der Waals surface area contributed by atoms with Gasteiger partial charge in [-0.2, -0.15) is 0 Å². The van der Waals surface area contributed by atoms with Crippen LogP contribution in [-0.2, 0) is 0 Å². The Morgan fingerprint density at radius 1 is 1.13 bits per heavy atom. The minimum absolute atomic E-state index is 0.121. The summed E-state index contributed by atoms with van der Waals surface area (Å²) in [7, 11) is 0. The van der Waals surface area contributed by atoms with Gasteiger partial charge in [0.25, 0.3) is 0 Å². The van der Waals surface area contributed by atoms with E-state index in [-0.39, 0.29) is 5.56 Å². The van der Waals surface area contributed by atoms with E-state index in [0.717, 1.165) is 17.0 Å². The minimum atomic E-state index is -0.852. The van der Waals surface area contributed by atoms with Gasteiger partial charge in [-0.05, 0) is 25.1 Å². The lowest BCUT2D eigenvalue weighted by Crippen LogP contribution is -2.15. The number of Topliss-reactive ketones (excluding diaryl/α,β-unsaturated/α-hetero) is 1. The molecule has 0 saturated heterocycles. The fraction of sp³-hybridized carbons (Fsp3) is 0.118. The fourth-order valence-electron chi connectivity index (χ4n) is 2.20. The highest BCUT2D eigenvalue weighted by Crippen LogP contribution is 2.29. The average molecular weight is 330 g/mol. The molecule has 0 aliphatic carbocycles. The summed E-state index contributed by atoms with van der Waals surface area (Å²) in [6.45, 7) is 1.67. The van der Waals surface area contributed by atoms with Crippen molar-refractivity contribution in [3.8, 4) is 0 Å². The lowest BCUT2D eigenvalue weighted by molar-refractivity contribution is 0.0990. The number of fused-ring (bicyclic) bond motifs is 1. The predicted molar refractivity (Wildman–Crippen MR) is 85.5 cm³/mol. The molecule has 3 nitrogen and oxygen atoms in total. The molecule has 1 aromatic heterocycles. The second kappa shape index (κ2) is 6.42. The number of aromatic nitrogens is 2. The minimum Gasteiger partial charge on any atom is -0.293 e. The Morgan fingerprint density at radius 2 is 1.91 bits per heavy atom. The zero-order chi connectivity index (χ0) is 16.4. The van der Waals surface area contributed by atoms with Crippen molar-refractivity contribution < 1.29 is 13.6 Å². The number of ketones is 1. The Balaban J connectivity index is 1.88. The molecular weight excluding hydrogens is 318 g/mol. The second-order valence-corrected chi connectivity index (χ2v) is 6.27. The van der Waals surface area contributed by atoms with Gasteiger partial charge in [0.05, 0.1) is 16.3 Å². The summed E-state index contributed by atoms with van der Waals surface area (Å²) >= 11 is 1.23. The van der Waals surface area contributed by atoms with Gasteiger partial charge in [-0.3, -0.25) is 4.79 Å². The SMILES string of the molecule is CC(Sc1ncnc2ccccc12)C(=O)c1ccc(F)cc1F. The molecule has 0 fully saturated rings. The summed E-state index contributed by atoms with van der Waals surface area (Å²) in [6, 6.07) is 10.4. The summed E-state index contributed by atoms with van der Waals surface area (Å²) in [5.41, 5.74) is 0.655. The lowest BCUT2D eigenvalue weighted by atomic mass is 10.1. The summed E-state index contributed by atoms with van der Waals surface area (Å²) in [4.78, 5) is 20.8. The number of hydrogen-bond acceptors (Lipinski definition) is 4. The van der Waals surface area contributed by atoms with E-state index in [4.69, 9.17) is 0 Å². The Kier molecular flexibility index (Phi) is 4.34. The molecule has 1 unspecified atom stereocenters. The number of carbonyl (C=O) groups is 1. The number of carbonyl (C=O) groups excluding carboxylic acids is 1. The van der Waals surface area contributed by atoms with Crippen LogP contribution in [-0.4, -0.2) is 21.0 Å². The molecule has 6 heteroatoms. The van der Waals surface area contributed by atoms with Crippen molar-refractivity contribution in [3.63, 3.8) is 0 Å². The molecule has 0 bridgehead atoms. The number of para-hydroxylation sites is 1. The number of thioether (sulfide) groups is 1. The van der Waals surface area contributed by atoms with Crippen LogP contribution in [0, 0.1) is 11.6 Å². The van der Waals surface area contributed by atoms with E-state index in [1.165, 1.54) is 24.2 Å². The molecule has 0 amide bonds. The van der Waals surface area contributed by atoms with Crippen molar-refractivity contribution in [2.24, 2.45) is 0 Å². The van der Waals surface area contributed by atoms with Crippen LogP contribution < -0.4 is 0 Å². The van der Waals surface area contributed by atoms with Crippen molar-refractivity contribution >= 4 is 28.4 Å². The lowest BCUT2D eigenvalue weighted by Gasteiger charge is -2.11. The van der Waals surface area contributed by atoms with Crippen molar-refractivity contribution in [1.29, 1.82) is 0 Å². The quantitative estimate of drug-likeness (QED) is 0.407. The number of nitrogens with zero attached hydrogens (tertiary/aromatic N) is 2. The Labute approximate surface area is 135 Å². The van der Waals surface area contributed by atoms with Crippen molar-refractivity contribution in [2.45, 2.75) is 17.2 Å². The van der Waals surface area contributed by atoms with Crippen LogP contribution in [0.2, 0.25) is 0 Å². The van der Waals surface area contributed by atoms with Crippen LogP contribution in [0.3, 0.4) is 0 Å². The van der Waals surface area contributed by atoms with Crippen molar-refractivity contribution in [2.75, 3.05) is 0 Å². The van der Waals surface area contributed by atoms with Crippen LogP contribution in [0.15, 0.2) is 53.8 Å². The van der Waals surface area contributed by atoms with Crippen LogP contribution in [0.4, 0.5) is 8.78 Å². The van der Waals surface area contributed by atoms with E-state index < -0.39 is 22.7 Å². The van der Waals surface area contributed by atoms with Gasteiger partial charge in [0.1, 0.15) is 23.0 Å². The third-order valence-electron chi connectivity index (χ3n) is 3.36. The summed E-state index contributed by atoms with van der Waals surface area (Å²) in [5.74, 6) is -1.97. The van der Waals surface area contributed by atoms with Gasteiger partial charge in [0, 0.05) is 11.5 Å². The molecule has 3 aromatic rings. The van der Waals surface area contributed by atoms with Crippen molar-refractivity contribution in [3.05, 3.63) is 66.0 Å². The molecule has 116 valence electrons. The smallest absolute Gasteiger partial charge is 0.178 e. The number of halogens is 2. The van der Waals surface area contributed by atoms with Gasteiger partial charge in [-0.1, -0.05) is 30.0 Å². The van der Waals surface area contributed by atoms with Crippen LogP contribution in [0.25, 0.3) is 10.9 Å². The largest absolute Gasteiger partial charge is 0.293 e. The highest BCUT2D eigenvalue weighted by atomic mass is 32.2. The molecule has 0 aliphatic heterocycles. The summed E-state index contributed by atoms with van der Waals surface area (Å²) < 4.78 is 26.7. The van der Waals surface area contributed by atoms with E-state index in [0.29, 0.717) is 11.1 Å². The van der Waals surface area contributed by atoms with E-state index >= 15 is 0 Å². The molecule has 0 spiro atoms. The van der Waals surface area contributed by atoms with Crippen LogP contribution in [0.5, 0.6) is 0 Å². The topological polar surface area (TPSA) is 42.9 Å². The Morgan fingerprint density at radius 3 is 2.70 bits per heavy atom. The second-order valence-electron chi connectivity index (χ2n) is 4.94. The van der Waals surface area contributed by atoms with Gasteiger partial charge in [-0.25, -0.2) is 18.7 Å². The predicted octanol–water partition coefficient (Wildman–Crippen LogP) is 4.27. The Bertz CT molecular complexity index is 880. The van der Waals surface area contributed by atoms with E-state index in [1.54, 1.807) is 6.92 Å². The summed E-state index contributed by atoms with van der Waals surface area (Å²) in [6.07, 6.45) is 1.43. The third kappa shape index (κ3) is 3.22. The number of hydrogen-bond donors (Lipinski definition) is 0. The third-order valence-corrected chi connectivity index (χ3v) is 4.48. The fourth-order valence-corrected chi connectivity index (χ4v) is 3.18. The monoisotopic (exact) mass is 330 g/mol. The van der Waals surface area contributed by atoms with Crippen LogP contribution in [0.1, 0.15) is 17.3 Å². The van der Waals surface area contributed by atoms with Gasteiger partial charge in [-0.15, -0.1) is 0 Å². The Hall–Kier alpha value is -2.34. The van der Waals surface area contributed by atoms with Gasteiger partial charge >= 0.3 is 0 Å². The standard InChI is InChI=1S/C17H12F2N2OS/c1-10(16(22)12-7-6-11(18)8-14(12)19)23-17-13-4-2-3-5-15(13)20-9-21-17/h2-10H,1H3. The zero-order valence-corrected chi connectivity index (χ0v) is 13.0. The number of rotatable bonds is 4. The van der Waals surface area contributed by atoms with E-state index in [1.807, 2.05) is 24.3 Å². The first-order valence-electron chi connectivity index (χ1n) is 6.92. The van der Waals surface area contributed by atoms with Crippen molar-refractivity contribution in [1.82, 2.24) is 9.97 Å². The molecule has 23 heavy (non-hydrogen) atoms. The molecular formula is C17H12F2N2OS. The molecule has 1 atom stereocenters. The van der Waals surface area contributed by atoms with Gasteiger partial charge in [0.2, 0.25) is 0 Å². The highest BCUT2D eigenvalue weighted by molar-refractivity contribution is 8.00. The maximum atomic E-state index is 13.8.